The van der Waals surface area contributed by atoms with Crippen LogP contribution in [-0.2, 0) is 9.53 Å². The predicted molar refractivity (Wildman–Crippen MR) is 73.1 cm³/mol. The molecule has 104 valence electrons. The first-order valence-electron chi connectivity index (χ1n) is 5.55. The second-order valence-corrected chi connectivity index (χ2v) is 2.88. The van der Waals surface area contributed by atoms with Crippen molar-refractivity contribution in [2.24, 2.45) is 0 Å². The minimum Gasteiger partial charge on any atom is -0.496 e. The average molecular weight is 257 g/mol. The maximum absolute atomic E-state index is 8.95. The first-order valence-corrected chi connectivity index (χ1v) is 5.55. The molecule has 2 N–H and O–H groups in total. The molecule has 0 saturated heterocycles. The third-order valence-electron chi connectivity index (χ3n) is 1.87. The number of anilines is 1. The highest BCUT2D eigenvalue weighted by Crippen LogP contribution is 2.30. The van der Waals surface area contributed by atoms with Crippen molar-refractivity contribution in [3.8, 4) is 11.5 Å². The summed E-state index contributed by atoms with van der Waals surface area (Å²) in [6, 6.07) is 3.55. The van der Waals surface area contributed by atoms with Gasteiger partial charge in [-0.3, -0.25) is 4.79 Å². The number of hydrogen-bond acceptors (Lipinski definition) is 5. The van der Waals surface area contributed by atoms with Gasteiger partial charge in [0.15, 0.2) is 0 Å². The zero-order valence-electron chi connectivity index (χ0n) is 11.9. The monoisotopic (exact) mass is 257 g/mol. The normalized spacial score (nSPS) is 7.89. The molecular weight excluding hydrogens is 234 g/mol. The highest BCUT2D eigenvalue weighted by molar-refractivity contribution is 5.55. The molecule has 0 aliphatic carbocycles. The van der Waals surface area contributed by atoms with Crippen molar-refractivity contribution in [3.63, 3.8) is 0 Å². The topological polar surface area (TPSA) is 70.8 Å². The summed E-state index contributed by atoms with van der Waals surface area (Å²) in [5.74, 6) is 1.51. The Morgan fingerprint density at radius 3 is 1.61 bits per heavy atom. The Labute approximate surface area is 109 Å². The summed E-state index contributed by atoms with van der Waals surface area (Å²) < 4.78 is 14.1. The van der Waals surface area contributed by atoms with Crippen LogP contribution in [0.4, 0.5) is 5.69 Å². The summed E-state index contributed by atoms with van der Waals surface area (Å²) in [5, 5.41) is 0. The molecule has 0 saturated carbocycles. The van der Waals surface area contributed by atoms with E-state index >= 15 is 0 Å². The van der Waals surface area contributed by atoms with E-state index in [-0.39, 0.29) is 0 Å². The molecule has 0 amide bonds. The molecule has 0 spiro atoms. The van der Waals surface area contributed by atoms with Crippen molar-refractivity contribution in [2.45, 2.75) is 20.8 Å². The van der Waals surface area contributed by atoms with E-state index in [1.165, 1.54) is 7.11 Å². The molecule has 0 bridgehead atoms. The van der Waals surface area contributed by atoms with E-state index in [0.717, 1.165) is 17.1 Å². The van der Waals surface area contributed by atoms with Crippen LogP contribution in [0.15, 0.2) is 12.1 Å². The summed E-state index contributed by atoms with van der Waals surface area (Å²) >= 11 is 0. The Morgan fingerprint density at radius 1 is 1.06 bits per heavy atom. The number of ether oxygens (including phenoxy) is 3. The number of carbonyl (C=O) groups is 1. The summed E-state index contributed by atoms with van der Waals surface area (Å²) in [7, 11) is 4.54. The van der Waals surface area contributed by atoms with Crippen LogP contribution in [0, 0.1) is 6.92 Å². The molecule has 0 fully saturated rings. The molecule has 0 heterocycles. The quantitative estimate of drug-likeness (QED) is 0.665. The van der Waals surface area contributed by atoms with E-state index in [2.05, 4.69) is 4.74 Å². The molecule has 0 aliphatic heterocycles. The third kappa shape index (κ3) is 6.62. The Kier molecular flexibility index (Phi) is 11.9. The maximum Gasteiger partial charge on any atom is 0.292 e. The Bertz CT molecular complexity index is 315. The Balaban J connectivity index is 0. The first kappa shape index (κ1) is 18.5. The molecule has 5 heteroatoms. The van der Waals surface area contributed by atoms with Crippen molar-refractivity contribution in [3.05, 3.63) is 17.7 Å². The molecule has 0 atom stereocenters. The zero-order chi connectivity index (χ0) is 14.6. The largest absolute Gasteiger partial charge is 0.496 e. The van der Waals surface area contributed by atoms with Crippen LogP contribution in [-0.4, -0.2) is 27.8 Å². The summed E-state index contributed by atoms with van der Waals surface area (Å²) in [4.78, 5) is 8.95. The lowest BCUT2D eigenvalue weighted by Crippen LogP contribution is -1.95. The number of nitrogen functional groups attached to an aromatic ring is 1. The molecule has 0 aliphatic rings. The minimum atomic E-state index is 0.375. The van der Waals surface area contributed by atoms with Crippen LogP contribution in [0.2, 0.25) is 0 Å². The fraction of sp³-hybridized carbons (Fsp3) is 0.462. The molecule has 1 rings (SSSR count). The summed E-state index contributed by atoms with van der Waals surface area (Å²) in [6.07, 6.45) is 0. The average Bonchev–Trinajstić information content (AvgIpc) is 2.43. The van der Waals surface area contributed by atoms with E-state index < -0.39 is 0 Å². The van der Waals surface area contributed by atoms with E-state index in [1.807, 2.05) is 20.8 Å². The Morgan fingerprint density at radius 2 is 1.39 bits per heavy atom. The fourth-order valence-corrected chi connectivity index (χ4v) is 1.11. The minimum absolute atomic E-state index is 0.375. The summed E-state index contributed by atoms with van der Waals surface area (Å²) in [5.41, 5.74) is 7.23. The molecular formula is C13H23NO4. The highest BCUT2D eigenvalue weighted by Gasteiger charge is 2.05. The number of carbonyl (C=O) groups excluding carboxylic acids is 1. The van der Waals surface area contributed by atoms with E-state index in [0.29, 0.717) is 12.2 Å². The predicted octanol–water partition coefficient (Wildman–Crippen LogP) is 2.41. The van der Waals surface area contributed by atoms with Crippen molar-refractivity contribution >= 4 is 12.2 Å². The molecule has 1 aromatic carbocycles. The number of benzene rings is 1. The van der Waals surface area contributed by atoms with Gasteiger partial charge in [0.2, 0.25) is 0 Å². The van der Waals surface area contributed by atoms with Gasteiger partial charge in [-0.15, -0.1) is 0 Å². The number of rotatable bonds is 3. The number of methoxy groups -OCH3 is 3. The van der Waals surface area contributed by atoms with Crippen molar-refractivity contribution in [1.82, 2.24) is 0 Å². The van der Waals surface area contributed by atoms with Gasteiger partial charge in [0.25, 0.3) is 6.47 Å². The van der Waals surface area contributed by atoms with Crippen LogP contribution in [0.3, 0.4) is 0 Å². The van der Waals surface area contributed by atoms with Crippen molar-refractivity contribution in [2.75, 3.05) is 27.1 Å². The van der Waals surface area contributed by atoms with Gasteiger partial charge in [0, 0.05) is 23.4 Å². The lowest BCUT2D eigenvalue weighted by atomic mass is 10.2. The Hall–Kier alpha value is -1.91. The van der Waals surface area contributed by atoms with Crippen LogP contribution < -0.4 is 15.2 Å². The van der Waals surface area contributed by atoms with Crippen molar-refractivity contribution < 1.29 is 19.0 Å². The van der Waals surface area contributed by atoms with Gasteiger partial charge in [-0.25, -0.2) is 0 Å². The molecule has 18 heavy (non-hydrogen) atoms. The van der Waals surface area contributed by atoms with Crippen LogP contribution >= 0.6 is 0 Å². The second kappa shape index (κ2) is 11.6. The SMILES string of the molecule is CC.COC=O.COc1cc(N)cc(OC)c1C. The lowest BCUT2D eigenvalue weighted by Gasteiger charge is -2.10. The standard InChI is InChI=1S/C9H13NO2.C2H4O2.C2H6/c1-6-8(11-2)4-7(10)5-9(6)12-3;1-4-2-3;1-2/h4-5H,10H2,1-3H3;2H,1H3;1-2H3. The van der Waals surface area contributed by atoms with Crippen LogP contribution in [0.25, 0.3) is 0 Å². The van der Waals surface area contributed by atoms with Crippen LogP contribution in [0.1, 0.15) is 19.4 Å². The second-order valence-electron chi connectivity index (χ2n) is 2.88. The smallest absolute Gasteiger partial charge is 0.292 e. The molecule has 5 nitrogen and oxygen atoms in total. The van der Waals surface area contributed by atoms with Gasteiger partial charge in [-0.05, 0) is 6.92 Å². The third-order valence-corrected chi connectivity index (χ3v) is 1.87. The lowest BCUT2D eigenvalue weighted by molar-refractivity contribution is -0.126. The van der Waals surface area contributed by atoms with E-state index in [9.17, 15) is 0 Å². The van der Waals surface area contributed by atoms with Gasteiger partial charge in [0.05, 0.1) is 21.3 Å². The van der Waals surface area contributed by atoms with E-state index in [1.54, 1.807) is 26.4 Å². The maximum atomic E-state index is 8.95. The van der Waals surface area contributed by atoms with Gasteiger partial charge in [0.1, 0.15) is 11.5 Å². The van der Waals surface area contributed by atoms with Gasteiger partial charge < -0.3 is 19.9 Å². The van der Waals surface area contributed by atoms with Crippen LogP contribution in [0.5, 0.6) is 11.5 Å². The van der Waals surface area contributed by atoms with Gasteiger partial charge >= 0.3 is 0 Å². The summed E-state index contributed by atoms with van der Waals surface area (Å²) in [6.45, 7) is 6.30. The van der Waals surface area contributed by atoms with Gasteiger partial charge in [-0.2, -0.15) is 0 Å². The van der Waals surface area contributed by atoms with Gasteiger partial charge in [-0.1, -0.05) is 13.8 Å². The van der Waals surface area contributed by atoms with E-state index in [4.69, 9.17) is 20.0 Å². The fourth-order valence-electron chi connectivity index (χ4n) is 1.11. The zero-order valence-corrected chi connectivity index (χ0v) is 11.9. The first-order chi connectivity index (χ1) is 8.60. The molecule has 0 radical (unpaired) electrons. The molecule has 0 aromatic heterocycles. The number of hydrogen-bond donors (Lipinski definition) is 1. The van der Waals surface area contributed by atoms with Crippen molar-refractivity contribution in [1.29, 1.82) is 0 Å². The highest BCUT2D eigenvalue weighted by atomic mass is 16.5. The number of nitrogens with two attached hydrogens (primary N) is 1. The molecule has 1 aromatic rings. The molecule has 0 unspecified atom stereocenters.